The summed E-state index contributed by atoms with van der Waals surface area (Å²) in [5.41, 5.74) is 0.895. The molecule has 1 aliphatic rings. The van der Waals surface area contributed by atoms with Crippen LogP contribution in [0.1, 0.15) is 6.92 Å². The van der Waals surface area contributed by atoms with Crippen LogP contribution in [0.15, 0.2) is 51.8 Å². The Morgan fingerprint density at radius 1 is 1.18 bits per heavy atom. The van der Waals surface area contributed by atoms with Gasteiger partial charge in [-0.3, -0.25) is 9.59 Å². The highest BCUT2D eigenvalue weighted by atomic mass is 35.5. The zero-order valence-electron chi connectivity index (χ0n) is 18.1. The second-order valence-electron chi connectivity index (χ2n) is 7.81. The molecule has 1 amide bonds. The molecule has 4 rings (SSSR count). The lowest BCUT2D eigenvalue weighted by molar-refractivity contribution is -0.137. The first-order chi connectivity index (χ1) is 15.7. The fourth-order valence-electron chi connectivity index (χ4n) is 3.88. The third kappa shape index (κ3) is 4.74. The molecule has 1 N–H and O–H groups in total. The Bertz CT molecular complexity index is 1400. The SMILES string of the molecule is CN=S1(=O)CCN(C(=O)[C@@H](C)Oc2ccc3c(-c4ccc(F)cc4Cl)c[nH]c(=O)c3c2)CC1. The molecule has 10 heteroatoms. The minimum atomic E-state index is -2.22. The van der Waals surface area contributed by atoms with Gasteiger partial charge in [0.1, 0.15) is 11.6 Å². The molecule has 0 aliphatic carbocycles. The van der Waals surface area contributed by atoms with Gasteiger partial charge in [0.05, 0.1) is 10.4 Å². The zero-order valence-corrected chi connectivity index (χ0v) is 19.7. The van der Waals surface area contributed by atoms with Gasteiger partial charge in [0.25, 0.3) is 11.5 Å². The first kappa shape index (κ1) is 23.3. The first-order valence-corrected chi connectivity index (χ1v) is 12.6. The molecule has 0 bridgehead atoms. The van der Waals surface area contributed by atoms with Crippen molar-refractivity contribution in [1.29, 1.82) is 0 Å². The Morgan fingerprint density at radius 3 is 2.58 bits per heavy atom. The van der Waals surface area contributed by atoms with Gasteiger partial charge in [-0.1, -0.05) is 11.6 Å². The Hall–Kier alpha value is -2.91. The number of nitrogens with zero attached hydrogens (tertiary/aromatic N) is 2. The quantitative estimate of drug-likeness (QED) is 0.602. The number of rotatable bonds is 4. The van der Waals surface area contributed by atoms with Crippen LogP contribution in [0.4, 0.5) is 4.39 Å². The molecule has 1 atom stereocenters. The van der Waals surface area contributed by atoms with Crippen molar-refractivity contribution in [2.45, 2.75) is 13.0 Å². The van der Waals surface area contributed by atoms with Crippen LogP contribution in [0, 0.1) is 5.82 Å². The molecule has 0 saturated carbocycles. The van der Waals surface area contributed by atoms with Crippen LogP contribution < -0.4 is 10.3 Å². The van der Waals surface area contributed by atoms with Crippen LogP contribution in [0.25, 0.3) is 21.9 Å². The van der Waals surface area contributed by atoms with E-state index in [9.17, 15) is 18.2 Å². The zero-order chi connectivity index (χ0) is 23.8. The van der Waals surface area contributed by atoms with Crippen molar-refractivity contribution in [3.8, 4) is 16.9 Å². The average Bonchev–Trinajstić information content (AvgIpc) is 2.80. The topological polar surface area (TPSA) is 91.8 Å². The Labute approximate surface area is 195 Å². The normalized spacial score (nSPS) is 16.4. The number of ether oxygens (including phenoxy) is 1. The van der Waals surface area contributed by atoms with Crippen molar-refractivity contribution in [3.05, 3.63) is 63.8 Å². The van der Waals surface area contributed by atoms with Crippen molar-refractivity contribution in [2.24, 2.45) is 4.36 Å². The number of aromatic nitrogens is 1. The van der Waals surface area contributed by atoms with Gasteiger partial charge >= 0.3 is 0 Å². The van der Waals surface area contributed by atoms with Crippen molar-refractivity contribution >= 4 is 38.0 Å². The second kappa shape index (κ2) is 9.15. The van der Waals surface area contributed by atoms with Crippen LogP contribution in [0.5, 0.6) is 5.75 Å². The molecule has 174 valence electrons. The predicted octanol–water partition coefficient (Wildman–Crippen LogP) is 3.69. The van der Waals surface area contributed by atoms with Gasteiger partial charge in [0.15, 0.2) is 6.10 Å². The van der Waals surface area contributed by atoms with Crippen molar-refractivity contribution in [3.63, 3.8) is 0 Å². The third-order valence-electron chi connectivity index (χ3n) is 5.76. The molecule has 1 aromatic heterocycles. The van der Waals surface area contributed by atoms with E-state index in [1.54, 1.807) is 43.1 Å². The summed E-state index contributed by atoms with van der Waals surface area (Å²) >= 11 is 6.22. The number of hydrogen-bond acceptors (Lipinski definition) is 5. The number of benzene rings is 2. The van der Waals surface area contributed by atoms with Crippen molar-refractivity contribution < 1.29 is 18.1 Å². The summed E-state index contributed by atoms with van der Waals surface area (Å²) < 4.78 is 35.6. The summed E-state index contributed by atoms with van der Waals surface area (Å²) in [6.45, 7) is 2.37. The molecule has 0 unspecified atom stereocenters. The monoisotopic (exact) mass is 491 g/mol. The molecule has 2 heterocycles. The van der Waals surface area contributed by atoms with Gasteiger partial charge < -0.3 is 14.6 Å². The molecule has 1 saturated heterocycles. The number of pyridine rings is 1. The molecule has 0 radical (unpaired) electrons. The highest BCUT2D eigenvalue weighted by Gasteiger charge is 2.28. The van der Waals surface area contributed by atoms with Crippen LogP contribution in [-0.4, -0.2) is 57.7 Å². The maximum atomic E-state index is 13.5. The van der Waals surface area contributed by atoms with E-state index in [0.29, 0.717) is 52.2 Å². The predicted molar refractivity (Wildman–Crippen MR) is 128 cm³/mol. The van der Waals surface area contributed by atoms with E-state index in [1.165, 1.54) is 18.3 Å². The van der Waals surface area contributed by atoms with E-state index >= 15 is 0 Å². The lowest BCUT2D eigenvalue weighted by atomic mass is 10.0. The molecule has 33 heavy (non-hydrogen) atoms. The fourth-order valence-corrected chi connectivity index (χ4v) is 5.73. The maximum Gasteiger partial charge on any atom is 0.263 e. The van der Waals surface area contributed by atoms with E-state index in [1.807, 2.05) is 0 Å². The van der Waals surface area contributed by atoms with Crippen LogP contribution >= 0.6 is 11.6 Å². The molecule has 1 aliphatic heterocycles. The van der Waals surface area contributed by atoms with Gasteiger partial charge in [0.2, 0.25) is 0 Å². The molecular weight excluding hydrogens is 469 g/mol. The molecule has 2 aromatic carbocycles. The van der Waals surface area contributed by atoms with Gasteiger partial charge in [-0.15, -0.1) is 0 Å². The van der Waals surface area contributed by atoms with E-state index in [4.69, 9.17) is 16.3 Å². The summed E-state index contributed by atoms with van der Waals surface area (Å²) in [6, 6.07) is 9.02. The standard InChI is InChI=1S/C23H23ClFN3O4S/c1-14(23(30)28-7-9-33(31,26-2)10-8-28)32-16-4-6-17-19(12-16)22(29)27-13-20(17)18-5-3-15(25)11-21(18)24/h3-6,11-14H,7-10H2,1-2H3,(H,27,29)/t14-/m1/s1. The lowest BCUT2D eigenvalue weighted by Crippen LogP contribution is -2.48. The van der Waals surface area contributed by atoms with Crippen LogP contribution in [-0.2, 0) is 14.5 Å². The van der Waals surface area contributed by atoms with E-state index in [2.05, 4.69) is 9.35 Å². The molecule has 1 fully saturated rings. The number of carbonyl (C=O) groups is 1. The van der Waals surface area contributed by atoms with E-state index < -0.39 is 21.7 Å². The maximum absolute atomic E-state index is 13.5. The van der Waals surface area contributed by atoms with Crippen molar-refractivity contribution in [1.82, 2.24) is 9.88 Å². The number of fused-ring (bicyclic) bond motifs is 1. The van der Waals surface area contributed by atoms with Crippen molar-refractivity contribution in [2.75, 3.05) is 31.6 Å². The van der Waals surface area contributed by atoms with Gasteiger partial charge in [-0.25, -0.2) is 13.0 Å². The van der Waals surface area contributed by atoms with E-state index in [0.717, 1.165) is 0 Å². The minimum absolute atomic E-state index is 0.214. The molecular formula is C23H23ClFN3O4S. The number of halogens is 2. The number of aromatic amines is 1. The number of amides is 1. The number of hydrogen-bond donors (Lipinski definition) is 1. The minimum Gasteiger partial charge on any atom is -0.481 e. The highest BCUT2D eigenvalue weighted by Crippen LogP contribution is 2.33. The Balaban J connectivity index is 1.58. The average molecular weight is 492 g/mol. The van der Waals surface area contributed by atoms with Gasteiger partial charge in [-0.05, 0) is 48.7 Å². The lowest BCUT2D eigenvalue weighted by Gasteiger charge is -2.30. The van der Waals surface area contributed by atoms with Gasteiger partial charge in [0, 0.05) is 58.7 Å². The summed E-state index contributed by atoms with van der Waals surface area (Å²) in [7, 11) is -0.675. The number of nitrogens with one attached hydrogen (secondary N) is 1. The molecule has 3 aromatic rings. The molecule has 7 nitrogen and oxygen atoms in total. The Kier molecular flexibility index (Phi) is 6.45. The summed E-state index contributed by atoms with van der Waals surface area (Å²) in [4.78, 5) is 29.6. The largest absolute Gasteiger partial charge is 0.481 e. The summed E-state index contributed by atoms with van der Waals surface area (Å²) in [5.74, 6) is 0.394. The van der Waals surface area contributed by atoms with Crippen LogP contribution in [0.2, 0.25) is 5.02 Å². The first-order valence-electron chi connectivity index (χ1n) is 10.4. The van der Waals surface area contributed by atoms with Gasteiger partial charge in [-0.2, -0.15) is 0 Å². The van der Waals surface area contributed by atoms with Crippen LogP contribution in [0.3, 0.4) is 0 Å². The molecule has 0 spiro atoms. The number of carbonyl (C=O) groups excluding carboxylic acids is 1. The van der Waals surface area contributed by atoms with E-state index in [-0.39, 0.29) is 16.5 Å². The smallest absolute Gasteiger partial charge is 0.263 e. The highest BCUT2D eigenvalue weighted by molar-refractivity contribution is 7.93. The summed E-state index contributed by atoms with van der Waals surface area (Å²) in [5, 5.41) is 1.20. The summed E-state index contributed by atoms with van der Waals surface area (Å²) in [6.07, 6.45) is 0.747. The second-order valence-corrected chi connectivity index (χ2v) is 10.9. The fraction of sp³-hybridized carbons (Fsp3) is 0.304. The number of H-pyrrole nitrogens is 1. The Morgan fingerprint density at radius 2 is 1.91 bits per heavy atom. The third-order valence-corrected chi connectivity index (χ3v) is 8.38.